The van der Waals surface area contributed by atoms with Gasteiger partial charge < -0.3 is 0 Å². The van der Waals surface area contributed by atoms with E-state index in [1.54, 1.807) is 0 Å². The lowest BCUT2D eigenvalue weighted by Gasteiger charge is -1.93. The summed E-state index contributed by atoms with van der Waals surface area (Å²) in [6, 6.07) is 20.2. The highest BCUT2D eigenvalue weighted by atomic mass is 16.1. The van der Waals surface area contributed by atoms with Crippen molar-refractivity contribution in [1.82, 2.24) is 0 Å². The predicted molar refractivity (Wildman–Crippen MR) is 101 cm³/mol. The van der Waals surface area contributed by atoms with Gasteiger partial charge in [-0.25, -0.2) is 0 Å². The summed E-state index contributed by atoms with van der Waals surface area (Å²) in [5.41, 5.74) is 4.06. The number of allylic oxidation sites excluding steroid dienone is 6. The van der Waals surface area contributed by atoms with Gasteiger partial charge in [-0.15, -0.1) is 0 Å². The van der Waals surface area contributed by atoms with Gasteiger partial charge in [-0.2, -0.15) is 0 Å². The van der Waals surface area contributed by atoms with Crippen LogP contribution in [-0.4, -0.2) is 5.78 Å². The van der Waals surface area contributed by atoms with Gasteiger partial charge >= 0.3 is 0 Å². The summed E-state index contributed by atoms with van der Waals surface area (Å²) in [6.07, 6.45) is 13.5. The van der Waals surface area contributed by atoms with Gasteiger partial charge in [0.25, 0.3) is 0 Å². The Kier molecular flexibility index (Phi) is 5.36. The van der Waals surface area contributed by atoms with Crippen molar-refractivity contribution in [1.29, 1.82) is 0 Å². The molecule has 1 aliphatic rings. The molecule has 0 bridgehead atoms. The molecule has 1 saturated carbocycles. The Bertz CT molecular complexity index is 736. The fraction of sp³-hybridized carbons (Fsp3) is 0.0870. The fourth-order valence-electron chi connectivity index (χ4n) is 2.70. The summed E-state index contributed by atoms with van der Waals surface area (Å²) in [4.78, 5) is 12.4. The van der Waals surface area contributed by atoms with Gasteiger partial charge in [-0.3, -0.25) is 4.79 Å². The molecule has 0 heterocycles. The first-order valence-corrected chi connectivity index (χ1v) is 8.22. The second-order valence-electron chi connectivity index (χ2n) is 5.75. The van der Waals surface area contributed by atoms with Crippen LogP contribution in [0.25, 0.3) is 12.2 Å². The number of hydrogen-bond acceptors (Lipinski definition) is 1. The van der Waals surface area contributed by atoms with Gasteiger partial charge in [0.15, 0.2) is 5.78 Å². The van der Waals surface area contributed by atoms with Crippen LogP contribution in [-0.2, 0) is 4.79 Å². The van der Waals surface area contributed by atoms with Crippen LogP contribution in [0.3, 0.4) is 0 Å². The molecule has 0 N–H and O–H groups in total. The standard InChI is InChI=1S/C23H20O/c24-23-21(15-7-13-19-9-3-1-4-10-19)17-18-22(23)16-8-14-20-11-5-2-6-12-20/h1-16H,17-18H2/b13-7+,14-8+,21-15-,22-16-. The number of hydrogen-bond donors (Lipinski definition) is 0. The van der Waals surface area contributed by atoms with Crippen LogP contribution in [0.15, 0.2) is 96.1 Å². The summed E-state index contributed by atoms with van der Waals surface area (Å²) in [6.45, 7) is 0. The number of Topliss-reactive ketones (excluding diaryl/α,β-unsaturated/α-hetero) is 1. The van der Waals surface area contributed by atoms with E-state index >= 15 is 0 Å². The maximum Gasteiger partial charge on any atom is 0.185 e. The highest BCUT2D eigenvalue weighted by Gasteiger charge is 2.21. The van der Waals surface area contributed by atoms with Crippen LogP contribution in [0.2, 0.25) is 0 Å². The zero-order valence-corrected chi connectivity index (χ0v) is 13.6. The van der Waals surface area contributed by atoms with Crippen LogP contribution in [0.1, 0.15) is 24.0 Å². The van der Waals surface area contributed by atoms with E-state index in [4.69, 9.17) is 0 Å². The Morgan fingerprint density at radius 2 is 1.04 bits per heavy atom. The van der Waals surface area contributed by atoms with E-state index in [0.717, 1.165) is 35.1 Å². The van der Waals surface area contributed by atoms with Crippen molar-refractivity contribution in [3.63, 3.8) is 0 Å². The van der Waals surface area contributed by atoms with Crippen LogP contribution < -0.4 is 0 Å². The Labute approximate surface area is 143 Å². The molecule has 118 valence electrons. The number of carbonyl (C=O) groups excluding carboxylic acids is 1. The van der Waals surface area contributed by atoms with Gasteiger partial charge in [0.1, 0.15) is 0 Å². The molecule has 0 spiro atoms. The van der Waals surface area contributed by atoms with Crippen LogP contribution >= 0.6 is 0 Å². The van der Waals surface area contributed by atoms with E-state index in [2.05, 4.69) is 0 Å². The Hall–Kier alpha value is -2.93. The second-order valence-corrected chi connectivity index (χ2v) is 5.75. The summed E-state index contributed by atoms with van der Waals surface area (Å²) in [5.74, 6) is 0.172. The summed E-state index contributed by atoms with van der Waals surface area (Å²) >= 11 is 0. The molecule has 0 aromatic heterocycles. The summed E-state index contributed by atoms with van der Waals surface area (Å²) in [7, 11) is 0. The van der Waals surface area contributed by atoms with Crippen molar-refractivity contribution < 1.29 is 4.79 Å². The second kappa shape index (κ2) is 8.07. The molecule has 1 aliphatic carbocycles. The van der Waals surface area contributed by atoms with Crippen molar-refractivity contribution in [2.75, 3.05) is 0 Å². The largest absolute Gasteiger partial charge is 0.289 e. The highest BCUT2D eigenvalue weighted by Crippen LogP contribution is 2.26. The van der Waals surface area contributed by atoms with Crippen molar-refractivity contribution in [2.45, 2.75) is 12.8 Å². The minimum absolute atomic E-state index is 0.172. The first kappa shape index (κ1) is 15.9. The zero-order chi connectivity index (χ0) is 16.6. The minimum Gasteiger partial charge on any atom is -0.289 e. The third-order valence-electron chi connectivity index (χ3n) is 4.02. The monoisotopic (exact) mass is 312 g/mol. The SMILES string of the molecule is O=C1/C(=C\C=C\c2ccccc2)CC/C1=C/C=C/c1ccccc1. The van der Waals surface area contributed by atoms with Gasteiger partial charge in [0, 0.05) is 11.1 Å². The van der Waals surface area contributed by atoms with Gasteiger partial charge in [0.2, 0.25) is 0 Å². The molecule has 24 heavy (non-hydrogen) atoms. The third kappa shape index (κ3) is 4.30. The number of benzene rings is 2. The molecule has 2 aromatic rings. The smallest absolute Gasteiger partial charge is 0.185 e. The third-order valence-corrected chi connectivity index (χ3v) is 4.02. The molecule has 1 heteroatoms. The summed E-state index contributed by atoms with van der Waals surface area (Å²) < 4.78 is 0. The molecule has 1 nitrogen and oxygen atoms in total. The van der Waals surface area contributed by atoms with Crippen LogP contribution in [0, 0.1) is 0 Å². The molecule has 2 aromatic carbocycles. The molecule has 0 aliphatic heterocycles. The van der Waals surface area contributed by atoms with E-state index in [1.807, 2.05) is 97.1 Å². The first-order valence-electron chi connectivity index (χ1n) is 8.22. The lowest BCUT2D eigenvalue weighted by atomic mass is 10.1. The quantitative estimate of drug-likeness (QED) is 0.669. The topological polar surface area (TPSA) is 17.1 Å². The van der Waals surface area contributed by atoms with E-state index in [-0.39, 0.29) is 5.78 Å². The molecule has 0 radical (unpaired) electrons. The maximum atomic E-state index is 12.4. The molecule has 1 fully saturated rings. The molecular weight excluding hydrogens is 292 g/mol. The average molecular weight is 312 g/mol. The predicted octanol–water partition coefficient (Wildman–Crippen LogP) is 5.63. The van der Waals surface area contributed by atoms with Gasteiger partial charge in [0.05, 0.1) is 0 Å². The van der Waals surface area contributed by atoms with Crippen molar-refractivity contribution in [3.8, 4) is 0 Å². The van der Waals surface area contributed by atoms with Crippen molar-refractivity contribution in [3.05, 3.63) is 107 Å². The Morgan fingerprint density at radius 3 is 1.46 bits per heavy atom. The van der Waals surface area contributed by atoms with Crippen molar-refractivity contribution in [2.24, 2.45) is 0 Å². The molecule has 0 atom stereocenters. The number of ketones is 1. The molecule has 0 saturated heterocycles. The van der Waals surface area contributed by atoms with Crippen molar-refractivity contribution >= 4 is 17.9 Å². The van der Waals surface area contributed by atoms with Crippen LogP contribution in [0.5, 0.6) is 0 Å². The van der Waals surface area contributed by atoms with E-state index in [9.17, 15) is 4.79 Å². The molecule has 0 amide bonds. The molecule has 3 rings (SSSR count). The van der Waals surface area contributed by atoms with Crippen LogP contribution in [0.4, 0.5) is 0 Å². The highest BCUT2D eigenvalue weighted by molar-refractivity contribution is 6.11. The zero-order valence-electron chi connectivity index (χ0n) is 13.6. The van der Waals surface area contributed by atoms with E-state index < -0.39 is 0 Å². The normalized spacial score (nSPS) is 18.4. The Balaban J connectivity index is 1.64. The van der Waals surface area contributed by atoms with Gasteiger partial charge in [-0.1, -0.05) is 97.1 Å². The Morgan fingerprint density at radius 1 is 0.625 bits per heavy atom. The summed E-state index contributed by atoms with van der Waals surface area (Å²) in [5, 5.41) is 0. The number of carbonyl (C=O) groups is 1. The minimum atomic E-state index is 0.172. The first-order chi connectivity index (χ1) is 11.8. The van der Waals surface area contributed by atoms with E-state index in [1.165, 1.54) is 0 Å². The maximum absolute atomic E-state index is 12.4. The average Bonchev–Trinajstić information content (AvgIpc) is 2.97. The fourth-order valence-corrected chi connectivity index (χ4v) is 2.70. The molecule has 0 unspecified atom stereocenters. The van der Waals surface area contributed by atoms with Gasteiger partial charge in [-0.05, 0) is 24.0 Å². The number of rotatable bonds is 4. The lowest BCUT2D eigenvalue weighted by molar-refractivity contribution is -0.111. The molecular formula is C23H20O. The lowest BCUT2D eigenvalue weighted by Crippen LogP contribution is -1.94. The van der Waals surface area contributed by atoms with E-state index in [0.29, 0.717) is 0 Å².